The Morgan fingerprint density at radius 2 is 1.93 bits per heavy atom. The van der Waals surface area contributed by atoms with Gasteiger partial charge in [0.2, 0.25) is 5.95 Å². The molecule has 0 fully saturated rings. The molecule has 6 nitrogen and oxygen atoms in total. The van der Waals surface area contributed by atoms with Gasteiger partial charge in [0.25, 0.3) is 0 Å². The highest BCUT2D eigenvalue weighted by molar-refractivity contribution is 7.99. The van der Waals surface area contributed by atoms with Crippen molar-refractivity contribution in [2.75, 3.05) is 11.1 Å². The van der Waals surface area contributed by atoms with Crippen molar-refractivity contribution in [3.63, 3.8) is 0 Å². The van der Waals surface area contributed by atoms with E-state index in [2.05, 4.69) is 30.2 Å². The van der Waals surface area contributed by atoms with Crippen molar-refractivity contribution in [1.82, 2.24) is 19.7 Å². The Balaban J connectivity index is 1.74. The quantitative estimate of drug-likeness (QED) is 0.429. The van der Waals surface area contributed by atoms with E-state index in [1.54, 1.807) is 30.1 Å². The van der Waals surface area contributed by atoms with E-state index in [4.69, 9.17) is 15.3 Å². The van der Waals surface area contributed by atoms with Gasteiger partial charge in [0.1, 0.15) is 5.03 Å². The van der Waals surface area contributed by atoms with Crippen molar-refractivity contribution in [3.8, 4) is 23.0 Å². The summed E-state index contributed by atoms with van der Waals surface area (Å²) in [5.74, 6) is 1.39. The van der Waals surface area contributed by atoms with Gasteiger partial charge in [-0.2, -0.15) is 10.4 Å². The maximum atomic E-state index is 9.11. The molecule has 4 rings (SSSR count). The molecule has 0 amide bonds. The molecule has 0 aliphatic rings. The minimum absolute atomic E-state index is 0.474. The van der Waals surface area contributed by atoms with Gasteiger partial charge in [-0.1, -0.05) is 31.2 Å². The van der Waals surface area contributed by atoms with Gasteiger partial charge in [-0.15, -0.1) is 11.8 Å². The van der Waals surface area contributed by atoms with Crippen LogP contribution in [-0.2, 0) is 0 Å². The molecule has 1 N–H and O–H groups in total. The molecule has 7 heteroatoms. The first-order valence-corrected chi connectivity index (χ1v) is 10.6. The summed E-state index contributed by atoms with van der Waals surface area (Å²) in [7, 11) is 0. The zero-order valence-electron chi connectivity index (χ0n) is 16.7. The summed E-state index contributed by atoms with van der Waals surface area (Å²) in [5.41, 5.74) is 5.19. The number of rotatable bonds is 6. The molecule has 4 aromatic rings. The summed E-state index contributed by atoms with van der Waals surface area (Å²) in [6.07, 6.45) is 1.73. The fourth-order valence-electron chi connectivity index (χ4n) is 3.18. The molecule has 2 heterocycles. The molecule has 2 aromatic heterocycles. The average molecular weight is 413 g/mol. The third-order valence-corrected chi connectivity index (χ3v) is 5.37. The van der Waals surface area contributed by atoms with Crippen molar-refractivity contribution in [3.05, 3.63) is 78.1 Å². The lowest BCUT2D eigenvalue weighted by Gasteiger charge is -2.08. The lowest BCUT2D eigenvalue weighted by Crippen LogP contribution is -2.00. The number of nitrogens with zero attached hydrogens (tertiary/aromatic N) is 5. The molecule has 0 aliphatic carbocycles. The van der Waals surface area contributed by atoms with Crippen molar-refractivity contribution in [1.29, 1.82) is 5.26 Å². The maximum absolute atomic E-state index is 9.11. The third kappa shape index (κ3) is 4.04. The predicted octanol–water partition coefficient (Wildman–Crippen LogP) is 5.37. The Morgan fingerprint density at radius 1 is 1.10 bits per heavy atom. The zero-order chi connectivity index (χ0) is 20.9. The summed E-state index contributed by atoms with van der Waals surface area (Å²) < 4.78 is 1.96. The maximum Gasteiger partial charge on any atom is 0.227 e. The minimum Gasteiger partial charge on any atom is -0.324 e. The summed E-state index contributed by atoms with van der Waals surface area (Å²) in [6, 6.07) is 21.4. The Hall–Kier alpha value is -3.63. The molecule has 0 saturated heterocycles. The van der Waals surface area contributed by atoms with Crippen LogP contribution in [0.1, 0.15) is 18.2 Å². The van der Waals surface area contributed by atoms with Crippen LogP contribution in [0.3, 0.4) is 0 Å². The van der Waals surface area contributed by atoms with Gasteiger partial charge in [-0.25, -0.2) is 14.6 Å². The third-order valence-electron chi connectivity index (χ3n) is 4.53. The van der Waals surface area contributed by atoms with Crippen LogP contribution in [0.4, 0.5) is 11.6 Å². The van der Waals surface area contributed by atoms with Crippen LogP contribution in [0.5, 0.6) is 0 Å². The van der Waals surface area contributed by atoms with Crippen LogP contribution in [-0.4, -0.2) is 25.5 Å². The van der Waals surface area contributed by atoms with Gasteiger partial charge < -0.3 is 5.32 Å². The van der Waals surface area contributed by atoms with Crippen LogP contribution in [0, 0.1) is 18.3 Å². The van der Waals surface area contributed by atoms with E-state index in [1.165, 1.54) is 0 Å². The molecule has 0 unspecified atom stereocenters. The fourth-order valence-corrected chi connectivity index (χ4v) is 3.99. The summed E-state index contributed by atoms with van der Waals surface area (Å²) >= 11 is 1.69. The van der Waals surface area contributed by atoms with Gasteiger partial charge in [0.05, 0.1) is 34.3 Å². The summed E-state index contributed by atoms with van der Waals surface area (Å²) in [5, 5.41) is 18.1. The fraction of sp³-hybridized carbons (Fsp3) is 0.130. The largest absolute Gasteiger partial charge is 0.324 e. The number of para-hydroxylation sites is 1. The first-order chi connectivity index (χ1) is 14.7. The van der Waals surface area contributed by atoms with E-state index in [9.17, 15) is 0 Å². The van der Waals surface area contributed by atoms with Crippen molar-refractivity contribution < 1.29 is 0 Å². The van der Waals surface area contributed by atoms with E-state index in [1.807, 2.05) is 53.2 Å². The zero-order valence-corrected chi connectivity index (χ0v) is 17.5. The number of benzene rings is 2. The molecule has 0 bridgehead atoms. The van der Waals surface area contributed by atoms with E-state index >= 15 is 0 Å². The second kappa shape index (κ2) is 8.80. The van der Waals surface area contributed by atoms with Crippen LogP contribution >= 0.6 is 11.8 Å². The molecule has 0 atom stereocenters. The number of anilines is 2. The smallest absolute Gasteiger partial charge is 0.227 e. The molecule has 0 saturated carbocycles. The van der Waals surface area contributed by atoms with Crippen LogP contribution in [0.15, 0.2) is 71.9 Å². The Bertz CT molecular complexity index is 1210. The first-order valence-electron chi connectivity index (χ1n) is 9.58. The van der Waals surface area contributed by atoms with Gasteiger partial charge >= 0.3 is 0 Å². The summed E-state index contributed by atoms with van der Waals surface area (Å²) in [4.78, 5) is 9.08. The number of nitrogens with one attached hydrogen (secondary N) is 1. The molecular formula is C23H20N6S. The SMILES string of the molecule is CCSc1nn(-c2ccccc2)c(C)c1-c1ccnc(Nc2cccc(C#N)c2)n1. The Labute approximate surface area is 179 Å². The molecule has 30 heavy (non-hydrogen) atoms. The predicted molar refractivity (Wildman–Crippen MR) is 120 cm³/mol. The van der Waals surface area contributed by atoms with Crippen molar-refractivity contribution >= 4 is 23.4 Å². The lowest BCUT2D eigenvalue weighted by molar-refractivity contribution is 0.813. The monoisotopic (exact) mass is 412 g/mol. The topological polar surface area (TPSA) is 79.4 Å². The van der Waals surface area contributed by atoms with E-state index < -0.39 is 0 Å². The van der Waals surface area contributed by atoms with Crippen LogP contribution in [0.2, 0.25) is 0 Å². The van der Waals surface area contributed by atoms with Gasteiger partial charge in [0.15, 0.2) is 0 Å². The minimum atomic E-state index is 0.474. The average Bonchev–Trinajstić information content (AvgIpc) is 3.11. The Morgan fingerprint density at radius 3 is 2.70 bits per heavy atom. The second-order valence-electron chi connectivity index (χ2n) is 6.53. The van der Waals surface area contributed by atoms with Crippen LogP contribution in [0.25, 0.3) is 16.9 Å². The number of hydrogen-bond acceptors (Lipinski definition) is 6. The highest BCUT2D eigenvalue weighted by Crippen LogP contribution is 2.34. The number of aromatic nitrogens is 4. The van der Waals surface area contributed by atoms with Crippen molar-refractivity contribution in [2.24, 2.45) is 0 Å². The molecule has 2 aromatic carbocycles. The molecular weight excluding hydrogens is 392 g/mol. The number of nitriles is 1. The molecule has 0 radical (unpaired) electrons. The van der Waals surface area contributed by atoms with Crippen LogP contribution < -0.4 is 5.32 Å². The van der Waals surface area contributed by atoms with E-state index in [0.29, 0.717) is 11.5 Å². The van der Waals surface area contributed by atoms with Gasteiger partial charge in [-0.3, -0.25) is 0 Å². The normalized spacial score (nSPS) is 10.6. The van der Waals surface area contributed by atoms with Gasteiger partial charge in [-0.05, 0) is 49.1 Å². The van der Waals surface area contributed by atoms with Gasteiger partial charge in [0, 0.05) is 11.9 Å². The van der Waals surface area contributed by atoms with Crippen molar-refractivity contribution in [2.45, 2.75) is 18.9 Å². The number of thioether (sulfide) groups is 1. The Kier molecular flexibility index (Phi) is 5.77. The molecule has 148 valence electrons. The molecule has 0 spiro atoms. The summed E-state index contributed by atoms with van der Waals surface area (Å²) in [6.45, 7) is 4.17. The van der Waals surface area contributed by atoms with E-state index in [-0.39, 0.29) is 0 Å². The lowest BCUT2D eigenvalue weighted by atomic mass is 10.2. The first kappa shape index (κ1) is 19.7. The highest BCUT2D eigenvalue weighted by Gasteiger charge is 2.19. The second-order valence-corrected chi connectivity index (χ2v) is 7.78. The number of hydrogen-bond donors (Lipinski definition) is 1. The highest BCUT2D eigenvalue weighted by atomic mass is 32.2. The standard InChI is InChI=1S/C23H20N6S/c1-3-30-22-21(16(2)29(28-22)19-10-5-4-6-11-19)20-12-13-25-23(27-20)26-18-9-7-8-17(14-18)15-24/h4-14H,3H2,1-2H3,(H,25,26,27). The molecule has 0 aliphatic heterocycles. The van der Waals surface area contributed by atoms with E-state index in [0.717, 1.165) is 39.1 Å².